The minimum atomic E-state index is -0.330. The number of nitrogens with zero attached hydrogens (tertiary/aromatic N) is 2. The Bertz CT molecular complexity index is 1120. The number of hydrogen-bond donors (Lipinski definition) is 0. The van der Waals surface area contributed by atoms with Crippen LogP contribution in [0.4, 0.5) is 4.39 Å². The lowest BCUT2D eigenvalue weighted by atomic mass is 10.0. The molecule has 0 spiro atoms. The molecule has 3 aromatic rings. The van der Waals surface area contributed by atoms with Crippen molar-refractivity contribution in [2.45, 2.75) is 18.9 Å². The maximum Gasteiger partial charge on any atom is 0.242 e. The van der Waals surface area contributed by atoms with Crippen LogP contribution in [0.3, 0.4) is 0 Å². The molecular weight excluding hydrogens is 467 g/mol. The van der Waals surface area contributed by atoms with Crippen LogP contribution in [-0.4, -0.2) is 61.6 Å². The lowest BCUT2D eigenvalue weighted by Crippen LogP contribution is -2.48. The molecule has 1 aromatic heterocycles. The number of hydrogen-bond acceptors (Lipinski definition) is 5. The average Bonchev–Trinajstić information content (AvgIpc) is 3.35. The molecule has 0 saturated carbocycles. The highest BCUT2D eigenvalue weighted by Gasteiger charge is 2.33. The van der Waals surface area contributed by atoms with Crippen LogP contribution in [-0.2, 0) is 27.2 Å². The number of amides is 2. The molecule has 0 fully saturated rings. The molecule has 2 heterocycles. The molecule has 0 bridgehead atoms. The number of thiophene rings is 1. The first-order valence-corrected chi connectivity index (χ1v) is 12.5. The summed E-state index contributed by atoms with van der Waals surface area (Å²) in [6.45, 7) is 1.45. The first kappa shape index (κ1) is 24.9. The predicted octanol–water partition coefficient (Wildman–Crippen LogP) is 4.11. The van der Waals surface area contributed by atoms with Gasteiger partial charge < -0.3 is 19.3 Å². The molecule has 1 unspecified atom stereocenters. The minimum absolute atomic E-state index is 0.0262. The van der Waals surface area contributed by atoms with Gasteiger partial charge >= 0.3 is 0 Å². The summed E-state index contributed by atoms with van der Waals surface area (Å²) in [5.74, 6) is -0.0369. The van der Waals surface area contributed by atoms with E-state index in [1.165, 1.54) is 17.0 Å². The van der Waals surface area contributed by atoms with E-state index in [9.17, 15) is 14.0 Å². The highest BCUT2D eigenvalue weighted by Crippen LogP contribution is 2.34. The Morgan fingerprint density at radius 3 is 2.63 bits per heavy atom. The van der Waals surface area contributed by atoms with Gasteiger partial charge in [-0.1, -0.05) is 30.3 Å². The van der Waals surface area contributed by atoms with Gasteiger partial charge in [0.25, 0.3) is 0 Å². The largest absolute Gasteiger partial charge is 0.491 e. The number of ether oxygens (including phenoxy) is 2. The molecule has 1 atom stereocenters. The second-order valence-electron chi connectivity index (χ2n) is 8.39. The zero-order valence-electron chi connectivity index (χ0n) is 19.7. The van der Waals surface area contributed by atoms with E-state index in [1.807, 2.05) is 41.8 Å². The van der Waals surface area contributed by atoms with Crippen molar-refractivity contribution < 1.29 is 23.5 Å². The van der Waals surface area contributed by atoms with E-state index in [-0.39, 0.29) is 43.2 Å². The van der Waals surface area contributed by atoms with Crippen LogP contribution in [0.25, 0.3) is 0 Å². The van der Waals surface area contributed by atoms with Crippen molar-refractivity contribution in [3.63, 3.8) is 0 Å². The van der Waals surface area contributed by atoms with E-state index >= 15 is 0 Å². The van der Waals surface area contributed by atoms with Crippen molar-refractivity contribution in [2.24, 2.45) is 0 Å². The van der Waals surface area contributed by atoms with Gasteiger partial charge in [0.05, 0.1) is 25.6 Å². The van der Waals surface area contributed by atoms with Crippen molar-refractivity contribution in [1.82, 2.24) is 9.80 Å². The smallest absolute Gasteiger partial charge is 0.242 e. The molecule has 8 heteroatoms. The molecule has 1 aliphatic rings. The maximum atomic E-state index is 13.5. The highest BCUT2D eigenvalue weighted by molar-refractivity contribution is 7.10. The molecule has 1 aliphatic heterocycles. The molecule has 0 radical (unpaired) electrons. The Morgan fingerprint density at radius 2 is 1.89 bits per heavy atom. The number of benzene rings is 2. The maximum absolute atomic E-state index is 13.5. The Balaban J connectivity index is 1.48. The summed E-state index contributed by atoms with van der Waals surface area (Å²) < 4.78 is 24.4. The van der Waals surface area contributed by atoms with Crippen LogP contribution in [0.2, 0.25) is 0 Å². The van der Waals surface area contributed by atoms with E-state index in [0.29, 0.717) is 25.4 Å². The standard InChI is InChI=1S/C27H29FN2O4S/c1-33-15-14-29(26(31)17-20-5-3-2-4-6-20)18-27(32)30-13-11-25-23(12-16-35-25)24(30)19-34-22-9-7-21(28)8-10-22/h2-10,12,16,24H,11,13-15,17-19H2,1H3. The van der Waals surface area contributed by atoms with Gasteiger partial charge in [-0.3, -0.25) is 9.59 Å². The van der Waals surface area contributed by atoms with E-state index in [0.717, 1.165) is 17.5 Å². The molecular formula is C27H29FN2O4S. The van der Waals surface area contributed by atoms with Gasteiger partial charge in [0, 0.05) is 25.1 Å². The Kier molecular flexibility index (Phi) is 8.50. The first-order valence-electron chi connectivity index (χ1n) is 11.6. The number of carbonyl (C=O) groups is 2. The summed E-state index contributed by atoms with van der Waals surface area (Å²) in [4.78, 5) is 31.2. The van der Waals surface area contributed by atoms with E-state index in [1.54, 1.807) is 40.4 Å². The average molecular weight is 497 g/mol. The molecule has 4 rings (SSSR count). The third kappa shape index (κ3) is 6.46. The Morgan fingerprint density at radius 1 is 1.11 bits per heavy atom. The van der Waals surface area contributed by atoms with Gasteiger partial charge in [0.15, 0.2) is 0 Å². The van der Waals surface area contributed by atoms with Crippen LogP contribution in [0.15, 0.2) is 66.0 Å². The van der Waals surface area contributed by atoms with Crippen LogP contribution < -0.4 is 4.74 Å². The van der Waals surface area contributed by atoms with E-state index in [4.69, 9.17) is 9.47 Å². The molecule has 0 aliphatic carbocycles. The topological polar surface area (TPSA) is 59.1 Å². The summed E-state index contributed by atoms with van der Waals surface area (Å²) >= 11 is 1.67. The van der Waals surface area contributed by atoms with Crippen molar-refractivity contribution in [3.8, 4) is 5.75 Å². The van der Waals surface area contributed by atoms with Crippen LogP contribution in [0.5, 0.6) is 5.75 Å². The monoisotopic (exact) mass is 496 g/mol. The molecule has 0 N–H and O–H groups in total. The molecule has 35 heavy (non-hydrogen) atoms. The first-order chi connectivity index (χ1) is 17.0. The lowest BCUT2D eigenvalue weighted by molar-refractivity contribution is -0.142. The zero-order chi connectivity index (χ0) is 24.6. The minimum Gasteiger partial charge on any atom is -0.491 e. The van der Waals surface area contributed by atoms with E-state index < -0.39 is 0 Å². The molecule has 2 aromatic carbocycles. The fourth-order valence-corrected chi connectivity index (χ4v) is 5.14. The Labute approximate surface area is 208 Å². The number of rotatable bonds is 10. The van der Waals surface area contributed by atoms with Gasteiger partial charge in [0.1, 0.15) is 18.2 Å². The number of methoxy groups -OCH3 is 1. The quantitative estimate of drug-likeness (QED) is 0.424. The molecule has 184 valence electrons. The third-order valence-electron chi connectivity index (χ3n) is 6.08. The van der Waals surface area contributed by atoms with Crippen LogP contribution in [0, 0.1) is 5.82 Å². The molecule has 0 saturated heterocycles. The SMILES string of the molecule is COCCN(CC(=O)N1CCc2sccc2C1COc1ccc(F)cc1)C(=O)Cc1ccccc1. The lowest BCUT2D eigenvalue weighted by Gasteiger charge is -2.37. The summed E-state index contributed by atoms with van der Waals surface area (Å²) in [7, 11) is 1.58. The predicted molar refractivity (Wildman–Crippen MR) is 133 cm³/mol. The highest BCUT2D eigenvalue weighted by atomic mass is 32.1. The van der Waals surface area contributed by atoms with Gasteiger partial charge in [0.2, 0.25) is 11.8 Å². The van der Waals surface area contributed by atoms with Gasteiger partial charge in [-0.05, 0) is 53.3 Å². The second kappa shape index (κ2) is 12.0. The fourth-order valence-electron chi connectivity index (χ4n) is 4.21. The van der Waals surface area contributed by atoms with Gasteiger partial charge in [-0.15, -0.1) is 11.3 Å². The summed E-state index contributed by atoms with van der Waals surface area (Å²) in [5.41, 5.74) is 1.97. The normalized spacial score (nSPS) is 14.9. The van der Waals surface area contributed by atoms with Crippen molar-refractivity contribution in [1.29, 1.82) is 0 Å². The fraction of sp³-hybridized carbons (Fsp3) is 0.333. The van der Waals surface area contributed by atoms with Crippen molar-refractivity contribution in [3.05, 3.63) is 87.9 Å². The van der Waals surface area contributed by atoms with Crippen LogP contribution >= 0.6 is 11.3 Å². The van der Waals surface area contributed by atoms with Gasteiger partial charge in [-0.2, -0.15) is 0 Å². The zero-order valence-corrected chi connectivity index (χ0v) is 20.5. The van der Waals surface area contributed by atoms with Crippen molar-refractivity contribution >= 4 is 23.2 Å². The second-order valence-corrected chi connectivity index (χ2v) is 9.39. The van der Waals surface area contributed by atoms with Crippen molar-refractivity contribution in [2.75, 3.05) is 40.0 Å². The number of halogens is 1. The van der Waals surface area contributed by atoms with E-state index in [2.05, 4.69) is 0 Å². The van der Waals surface area contributed by atoms with Crippen LogP contribution in [0.1, 0.15) is 22.0 Å². The summed E-state index contributed by atoms with van der Waals surface area (Å²) in [6.07, 6.45) is 0.992. The molecule has 6 nitrogen and oxygen atoms in total. The Hall–Kier alpha value is -3.23. The van der Waals surface area contributed by atoms with Gasteiger partial charge in [-0.25, -0.2) is 4.39 Å². The molecule has 2 amide bonds. The number of carbonyl (C=O) groups excluding carboxylic acids is 2. The number of fused-ring (bicyclic) bond motifs is 1. The summed E-state index contributed by atoms with van der Waals surface area (Å²) in [5, 5.41) is 2.03. The summed E-state index contributed by atoms with van der Waals surface area (Å²) in [6, 6.07) is 17.1. The third-order valence-corrected chi connectivity index (χ3v) is 7.08.